The van der Waals surface area contributed by atoms with Crippen LogP contribution in [0, 0.1) is 5.41 Å². The highest BCUT2D eigenvalue weighted by Gasteiger charge is 2.08. The molecule has 0 bridgehead atoms. The number of hydrogen-bond donors (Lipinski definition) is 2. The van der Waals surface area contributed by atoms with Crippen LogP contribution in [0.5, 0.6) is 0 Å². The molecule has 1 rings (SSSR count). The van der Waals surface area contributed by atoms with Gasteiger partial charge in [0.25, 0.3) is 0 Å². The van der Waals surface area contributed by atoms with Gasteiger partial charge in [-0.1, -0.05) is 51.1 Å². The molecule has 1 aromatic rings. The molecule has 0 heterocycles. The predicted molar refractivity (Wildman–Crippen MR) is 83.3 cm³/mol. The Morgan fingerprint density at radius 2 is 1.89 bits per heavy atom. The van der Waals surface area contributed by atoms with Crippen LogP contribution in [0.2, 0.25) is 0 Å². The maximum atomic E-state index is 5.83. The molecule has 0 fully saturated rings. The largest absolute Gasteiger partial charge is 0.370 e. The van der Waals surface area contributed by atoms with Crippen molar-refractivity contribution in [1.29, 1.82) is 0 Å². The van der Waals surface area contributed by atoms with E-state index in [1.165, 1.54) is 12.0 Å². The van der Waals surface area contributed by atoms with E-state index in [9.17, 15) is 0 Å². The first-order valence-electron chi connectivity index (χ1n) is 7.05. The molecule has 0 atom stereocenters. The molecule has 0 unspecified atom stereocenters. The van der Waals surface area contributed by atoms with Gasteiger partial charge in [-0.2, -0.15) is 0 Å². The van der Waals surface area contributed by atoms with Gasteiger partial charge in [-0.3, -0.25) is 4.99 Å². The van der Waals surface area contributed by atoms with Crippen LogP contribution in [0.15, 0.2) is 35.3 Å². The Morgan fingerprint density at radius 3 is 2.53 bits per heavy atom. The van der Waals surface area contributed by atoms with E-state index >= 15 is 0 Å². The summed E-state index contributed by atoms with van der Waals surface area (Å²) in [5.74, 6) is 0.560. The fourth-order valence-electron chi connectivity index (χ4n) is 1.84. The van der Waals surface area contributed by atoms with Crippen LogP contribution in [0.3, 0.4) is 0 Å². The molecule has 19 heavy (non-hydrogen) atoms. The summed E-state index contributed by atoms with van der Waals surface area (Å²) < 4.78 is 0. The zero-order chi connectivity index (χ0) is 14.1. The van der Waals surface area contributed by atoms with Crippen molar-refractivity contribution in [2.24, 2.45) is 16.1 Å². The van der Waals surface area contributed by atoms with Gasteiger partial charge in [0.05, 0.1) is 0 Å². The van der Waals surface area contributed by atoms with Crippen LogP contribution in [0.4, 0.5) is 0 Å². The summed E-state index contributed by atoms with van der Waals surface area (Å²) in [5, 5.41) is 3.16. The van der Waals surface area contributed by atoms with E-state index in [0.29, 0.717) is 11.4 Å². The molecule has 0 aliphatic heterocycles. The number of hydrogen-bond acceptors (Lipinski definition) is 1. The minimum atomic E-state index is 0.380. The van der Waals surface area contributed by atoms with Crippen LogP contribution in [-0.2, 0) is 6.42 Å². The van der Waals surface area contributed by atoms with E-state index in [4.69, 9.17) is 5.73 Å². The van der Waals surface area contributed by atoms with Crippen LogP contribution >= 0.6 is 0 Å². The third-order valence-electron chi connectivity index (χ3n) is 2.93. The normalized spacial score (nSPS) is 12.5. The second-order valence-corrected chi connectivity index (χ2v) is 6.09. The predicted octanol–water partition coefficient (Wildman–Crippen LogP) is 2.96. The Balaban J connectivity index is 2.15. The Kier molecular flexibility index (Phi) is 6.40. The molecule has 0 spiro atoms. The van der Waals surface area contributed by atoms with Crippen molar-refractivity contribution < 1.29 is 0 Å². The lowest BCUT2D eigenvalue weighted by Gasteiger charge is -2.16. The number of aliphatic imine (C=N–C) groups is 1. The molecule has 3 nitrogen and oxygen atoms in total. The van der Waals surface area contributed by atoms with Crippen molar-refractivity contribution in [2.45, 2.75) is 40.0 Å². The molecule has 0 aliphatic carbocycles. The second-order valence-electron chi connectivity index (χ2n) is 6.09. The third kappa shape index (κ3) is 8.25. The summed E-state index contributed by atoms with van der Waals surface area (Å²) in [6, 6.07) is 10.4. The fraction of sp³-hybridized carbons (Fsp3) is 0.562. The smallest absolute Gasteiger partial charge is 0.188 e. The molecule has 0 aromatic heterocycles. The fourth-order valence-corrected chi connectivity index (χ4v) is 1.84. The van der Waals surface area contributed by atoms with Crippen LogP contribution in [0.25, 0.3) is 0 Å². The topological polar surface area (TPSA) is 50.4 Å². The quantitative estimate of drug-likeness (QED) is 0.470. The summed E-state index contributed by atoms with van der Waals surface area (Å²) in [6.45, 7) is 8.38. The van der Waals surface area contributed by atoms with E-state index in [0.717, 1.165) is 25.9 Å². The number of nitrogens with one attached hydrogen (secondary N) is 1. The van der Waals surface area contributed by atoms with E-state index in [1.54, 1.807) is 0 Å². The van der Waals surface area contributed by atoms with Crippen molar-refractivity contribution in [3.63, 3.8) is 0 Å². The number of rotatable bonds is 6. The maximum absolute atomic E-state index is 5.83. The summed E-state index contributed by atoms with van der Waals surface area (Å²) in [7, 11) is 0. The number of nitrogens with zero attached hydrogens (tertiary/aromatic N) is 1. The molecule has 0 saturated heterocycles. The summed E-state index contributed by atoms with van der Waals surface area (Å²) in [6.07, 6.45) is 3.23. The third-order valence-corrected chi connectivity index (χ3v) is 2.93. The number of guanidine groups is 1. The molecule has 0 amide bonds. The zero-order valence-electron chi connectivity index (χ0n) is 12.4. The minimum absolute atomic E-state index is 0.380. The first-order valence-corrected chi connectivity index (χ1v) is 7.05. The van der Waals surface area contributed by atoms with Crippen molar-refractivity contribution in [3.05, 3.63) is 35.9 Å². The van der Waals surface area contributed by atoms with Gasteiger partial charge in [0, 0.05) is 13.1 Å². The standard InChI is InChI=1S/C16H27N3/c1-16(2,3)11-7-12-18-15(17)19-13-10-14-8-5-4-6-9-14/h4-6,8-9H,7,10-13H2,1-3H3,(H3,17,18,19). The molecule has 1 aromatic carbocycles. The molecule has 3 N–H and O–H groups in total. The highest BCUT2D eigenvalue weighted by Crippen LogP contribution is 2.20. The Bertz CT molecular complexity index is 377. The average Bonchev–Trinajstić information content (AvgIpc) is 2.35. The summed E-state index contributed by atoms with van der Waals surface area (Å²) in [5.41, 5.74) is 7.52. The number of benzene rings is 1. The van der Waals surface area contributed by atoms with Gasteiger partial charge >= 0.3 is 0 Å². The SMILES string of the molecule is CC(C)(C)CCCN=C(N)NCCc1ccccc1. The molecule has 0 radical (unpaired) electrons. The highest BCUT2D eigenvalue weighted by atomic mass is 15.1. The molecular formula is C16H27N3. The molecule has 0 saturated carbocycles. The lowest BCUT2D eigenvalue weighted by molar-refractivity contribution is 0.368. The van der Waals surface area contributed by atoms with Gasteiger partial charge in [0.15, 0.2) is 5.96 Å². The van der Waals surface area contributed by atoms with E-state index < -0.39 is 0 Å². The average molecular weight is 261 g/mol. The molecule has 106 valence electrons. The lowest BCUT2D eigenvalue weighted by atomic mass is 9.91. The highest BCUT2D eigenvalue weighted by molar-refractivity contribution is 5.77. The summed E-state index contributed by atoms with van der Waals surface area (Å²) >= 11 is 0. The lowest BCUT2D eigenvalue weighted by Crippen LogP contribution is -2.33. The maximum Gasteiger partial charge on any atom is 0.188 e. The van der Waals surface area contributed by atoms with Gasteiger partial charge in [0.2, 0.25) is 0 Å². The van der Waals surface area contributed by atoms with Gasteiger partial charge in [0.1, 0.15) is 0 Å². The van der Waals surface area contributed by atoms with E-state index in [-0.39, 0.29) is 0 Å². The molecule has 0 aliphatic rings. The van der Waals surface area contributed by atoms with E-state index in [1.807, 2.05) is 6.07 Å². The summed E-state index contributed by atoms with van der Waals surface area (Å²) in [4.78, 5) is 4.34. The first kappa shape index (κ1) is 15.5. The molecular weight excluding hydrogens is 234 g/mol. The zero-order valence-corrected chi connectivity index (χ0v) is 12.4. The van der Waals surface area contributed by atoms with Gasteiger partial charge in [-0.05, 0) is 30.2 Å². The van der Waals surface area contributed by atoms with Crippen molar-refractivity contribution >= 4 is 5.96 Å². The van der Waals surface area contributed by atoms with Crippen molar-refractivity contribution in [1.82, 2.24) is 5.32 Å². The van der Waals surface area contributed by atoms with Gasteiger partial charge in [-0.15, -0.1) is 0 Å². The van der Waals surface area contributed by atoms with Crippen LogP contribution < -0.4 is 11.1 Å². The Labute approximate surface area is 117 Å². The number of nitrogens with two attached hydrogens (primary N) is 1. The minimum Gasteiger partial charge on any atom is -0.370 e. The monoisotopic (exact) mass is 261 g/mol. The van der Waals surface area contributed by atoms with Gasteiger partial charge < -0.3 is 11.1 Å². The Hall–Kier alpha value is -1.51. The second kappa shape index (κ2) is 7.82. The van der Waals surface area contributed by atoms with Crippen molar-refractivity contribution in [2.75, 3.05) is 13.1 Å². The van der Waals surface area contributed by atoms with Gasteiger partial charge in [-0.25, -0.2) is 0 Å². The van der Waals surface area contributed by atoms with Crippen molar-refractivity contribution in [3.8, 4) is 0 Å². The first-order chi connectivity index (χ1) is 8.97. The Morgan fingerprint density at radius 1 is 1.21 bits per heavy atom. The van der Waals surface area contributed by atoms with Crippen LogP contribution in [0.1, 0.15) is 39.2 Å². The van der Waals surface area contributed by atoms with E-state index in [2.05, 4.69) is 55.3 Å². The van der Waals surface area contributed by atoms with Crippen LogP contribution in [-0.4, -0.2) is 19.0 Å². The molecule has 3 heteroatoms.